The highest BCUT2D eigenvalue weighted by Gasteiger charge is 2.65. The Morgan fingerprint density at radius 3 is 2.44 bits per heavy atom. The zero-order chi connectivity index (χ0) is 28.4. The molecule has 1 heterocycles. The first-order valence-electron chi connectivity index (χ1n) is 14.0. The summed E-state index contributed by atoms with van der Waals surface area (Å²) in [6.07, 6.45) is 5.84. The Kier molecular flexibility index (Phi) is 8.62. The monoisotopic (exact) mass is 559 g/mol. The molecule has 0 spiro atoms. The fraction of sp³-hybridized carbons (Fsp3) is 0.621. The quantitative estimate of drug-likeness (QED) is 0.301. The Morgan fingerprint density at radius 1 is 1.18 bits per heavy atom. The van der Waals surface area contributed by atoms with Gasteiger partial charge in [-0.05, 0) is 55.9 Å². The van der Waals surface area contributed by atoms with Crippen molar-refractivity contribution >= 4 is 25.3 Å². The van der Waals surface area contributed by atoms with Crippen LogP contribution in [0.5, 0.6) is 0 Å². The van der Waals surface area contributed by atoms with Crippen LogP contribution in [0, 0.1) is 11.3 Å². The zero-order valence-electron chi connectivity index (χ0n) is 23.2. The molecule has 5 atom stereocenters. The average Bonchev–Trinajstić information content (AvgIpc) is 3.20. The Morgan fingerprint density at radius 2 is 1.85 bits per heavy atom. The van der Waals surface area contributed by atoms with Crippen molar-refractivity contribution in [1.82, 2.24) is 15.5 Å². The van der Waals surface area contributed by atoms with Crippen LogP contribution in [0.1, 0.15) is 71.3 Å². The lowest BCUT2D eigenvalue weighted by atomic mass is 9.85. The van der Waals surface area contributed by atoms with Crippen molar-refractivity contribution in [1.29, 1.82) is 0 Å². The second-order valence-corrected chi connectivity index (χ2v) is 14.8. The maximum atomic E-state index is 13.8. The maximum absolute atomic E-state index is 13.8. The van der Waals surface area contributed by atoms with Crippen LogP contribution in [0.4, 0.5) is 4.79 Å². The molecule has 39 heavy (non-hydrogen) atoms. The highest BCUT2D eigenvalue weighted by molar-refractivity contribution is 7.59. The molecule has 0 bridgehead atoms. The molecule has 2 saturated carbocycles. The molecule has 2 aliphatic carbocycles. The molecule has 1 saturated heterocycles. The number of rotatable bonds is 9. The van der Waals surface area contributed by atoms with E-state index in [2.05, 4.69) is 17.2 Å². The van der Waals surface area contributed by atoms with Crippen molar-refractivity contribution in [3.8, 4) is 0 Å². The van der Waals surface area contributed by atoms with E-state index in [0.717, 1.165) is 25.7 Å². The smallest absolute Gasteiger partial charge is 0.408 e. The number of benzene rings is 1. The fourth-order valence-electron chi connectivity index (χ4n) is 5.88. The highest BCUT2D eigenvalue weighted by Crippen LogP contribution is 2.70. The first-order valence-corrected chi connectivity index (χ1v) is 15.8. The molecule has 0 radical (unpaired) electrons. The van der Waals surface area contributed by atoms with Crippen molar-refractivity contribution in [2.45, 2.75) is 95.3 Å². The van der Waals surface area contributed by atoms with Gasteiger partial charge in [-0.1, -0.05) is 57.2 Å². The van der Waals surface area contributed by atoms with Crippen LogP contribution in [-0.4, -0.2) is 57.7 Å². The molecule has 214 valence electrons. The molecule has 1 aromatic rings. The minimum absolute atomic E-state index is 0.0646. The van der Waals surface area contributed by atoms with Gasteiger partial charge in [0.05, 0.1) is 6.16 Å². The number of amides is 3. The highest BCUT2D eigenvalue weighted by atomic mass is 31.2. The van der Waals surface area contributed by atoms with Gasteiger partial charge in [0.25, 0.3) is 0 Å². The maximum Gasteiger partial charge on any atom is 0.408 e. The van der Waals surface area contributed by atoms with E-state index in [9.17, 15) is 23.8 Å². The predicted molar refractivity (Wildman–Crippen MR) is 149 cm³/mol. The van der Waals surface area contributed by atoms with Crippen LogP contribution in [-0.2, 0) is 25.1 Å². The molecule has 0 aromatic heterocycles. The Bertz CT molecular complexity index is 1130. The van der Waals surface area contributed by atoms with Gasteiger partial charge >= 0.3 is 6.09 Å². The minimum Gasteiger partial charge on any atom is -0.446 e. The van der Waals surface area contributed by atoms with Gasteiger partial charge in [-0.3, -0.25) is 14.2 Å². The summed E-state index contributed by atoms with van der Waals surface area (Å²) in [5.41, 5.74) is 0.0882. The summed E-state index contributed by atoms with van der Waals surface area (Å²) in [4.78, 5) is 52.7. The van der Waals surface area contributed by atoms with E-state index in [0.29, 0.717) is 31.4 Å². The first-order chi connectivity index (χ1) is 18.4. The standard InChI is InChI=1S/C29H42N3O6P/c1-5-21-18-29(21,39(36,37)19-20-12-7-6-8-13-20)31-25(33)23-16-11-17-32(23)26(34)24(28(2,3)4)30-27(35)38-22-14-9-10-15-22/h5-8,12-13,21-24H,1,9-11,14-19H2,2-4H3,(H,30,35)(H,31,33)(H,36,37)/t21-,23+,24?,29+/m1/s1. The summed E-state index contributed by atoms with van der Waals surface area (Å²) < 4.78 is 19.2. The summed E-state index contributed by atoms with van der Waals surface area (Å²) >= 11 is 0. The summed E-state index contributed by atoms with van der Waals surface area (Å²) in [7, 11) is -3.88. The molecular formula is C29H42N3O6P. The van der Waals surface area contributed by atoms with Gasteiger partial charge in [0.15, 0.2) is 0 Å². The van der Waals surface area contributed by atoms with Crippen LogP contribution in [0.3, 0.4) is 0 Å². The zero-order valence-corrected chi connectivity index (χ0v) is 24.1. The lowest BCUT2D eigenvalue weighted by molar-refractivity contribution is -0.142. The molecule has 1 aromatic carbocycles. The average molecular weight is 560 g/mol. The third kappa shape index (κ3) is 6.41. The predicted octanol–water partition coefficient (Wildman–Crippen LogP) is 4.55. The van der Waals surface area contributed by atoms with Crippen molar-refractivity contribution in [3.05, 3.63) is 48.6 Å². The number of alkyl carbamates (subject to hydrolysis) is 1. The first kappa shape index (κ1) is 29.3. The normalized spacial score (nSPS) is 27.3. The Balaban J connectivity index is 1.48. The van der Waals surface area contributed by atoms with Crippen molar-refractivity contribution in [2.24, 2.45) is 11.3 Å². The Labute approximate surface area is 231 Å². The summed E-state index contributed by atoms with van der Waals surface area (Å²) in [6.45, 7) is 9.73. The molecule has 4 rings (SSSR count). The number of ether oxygens (including phenoxy) is 1. The van der Waals surface area contributed by atoms with Crippen LogP contribution in [0.15, 0.2) is 43.0 Å². The molecule has 2 unspecified atom stereocenters. The summed E-state index contributed by atoms with van der Waals surface area (Å²) in [6, 6.07) is 7.35. The third-order valence-electron chi connectivity index (χ3n) is 8.26. The van der Waals surface area contributed by atoms with Crippen LogP contribution in [0.2, 0.25) is 0 Å². The Hall–Kier alpha value is -2.64. The number of hydrogen-bond acceptors (Lipinski definition) is 5. The van der Waals surface area contributed by atoms with E-state index in [-0.39, 0.29) is 24.1 Å². The second-order valence-electron chi connectivity index (χ2n) is 12.2. The molecule has 3 fully saturated rings. The van der Waals surface area contributed by atoms with Gasteiger partial charge in [-0.2, -0.15) is 0 Å². The molecule has 3 amide bonds. The van der Waals surface area contributed by atoms with Gasteiger partial charge in [0.1, 0.15) is 23.5 Å². The number of carbonyl (C=O) groups is 3. The van der Waals surface area contributed by atoms with Gasteiger partial charge < -0.3 is 25.2 Å². The van der Waals surface area contributed by atoms with Crippen molar-refractivity contribution in [2.75, 3.05) is 6.54 Å². The van der Waals surface area contributed by atoms with E-state index in [1.54, 1.807) is 18.2 Å². The number of carbonyl (C=O) groups excluding carboxylic acids is 3. The van der Waals surface area contributed by atoms with E-state index in [4.69, 9.17) is 4.74 Å². The van der Waals surface area contributed by atoms with Gasteiger partial charge in [-0.25, -0.2) is 4.79 Å². The number of nitrogens with one attached hydrogen (secondary N) is 2. The van der Waals surface area contributed by atoms with Crippen LogP contribution >= 0.6 is 7.37 Å². The molecule has 3 aliphatic rings. The van der Waals surface area contributed by atoms with Gasteiger partial charge in [0.2, 0.25) is 19.2 Å². The van der Waals surface area contributed by atoms with Crippen molar-refractivity contribution in [3.63, 3.8) is 0 Å². The SMILES string of the molecule is C=C[C@@H]1C[C@]1(NC(=O)[C@@H]1CCCN1C(=O)C(NC(=O)OC1CCCC1)C(C)(C)C)P(=O)(O)Cc1ccccc1. The molecule has 9 nitrogen and oxygen atoms in total. The van der Waals surface area contributed by atoms with Gasteiger partial charge in [0, 0.05) is 12.5 Å². The minimum atomic E-state index is -3.88. The number of hydrogen-bond donors (Lipinski definition) is 3. The number of nitrogens with zero attached hydrogens (tertiary/aromatic N) is 1. The van der Waals surface area contributed by atoms with E-state index >= 15 is 0 Å². The fourth-order valence-corrected chi connectivity index (χ4v) is 8.26. The largest absolute Gasteiger partial charge is 0.446 e. The molecule has 3 N–H and O–H groups in total. The van der Waals surface area contributed by atoms with Crippen LogP contribution < -0.4 is 10.6 Å². The molecule has 10 heteroatoms. The summed E-state index contributed by atoms with van der Waals surface area (Å²) in [5.74, 6) is -1.14. The summed E-state index contributed by atoms with van der Waals surface area (Å²) in [5, 5.41) is 4.36. The lowest BCUT2D eigenvalue weighted by Crippen LogP contribution is -2.58. The molecule has 1 aliphatic heterocycles. The topological polar surface area (TPSA) is 125 Å². The van der Waals surface area contributed by atoms with E-state index < -0.39 is 42.1 Å². The molecular weight excluding hydrogens is 517 g/mol. The number of likely N-dealkylation sites (tertiary alicyclic amines) is 1. The van der Waals surface area contributed by atoms with Gasteiger partial charge in [-0.15, -0.1) is 6.58 Å². The van der Waals surface area contributed by atoms with Crippen LogP contribution in [0.25, 0.3) is 0 Å². The van der Waals surface area contributed by atoms with E-state index in [1.807, 2.05) is 39.0 Å². The third-order valence-corrected chi connectivity index (χ3v) is 10.9. The second kappa shape index (κ2) is 11.5. The lowest BCUT2D eigenvalue weighted by Gasteiger charge is -2.36. The van der Waals surface area contributed by atoms with E-state index in [1.165, 1.54) is 4.90 Å². The van der Waals surface area contributed by atoms with Crippen molar-refractivity contribution < 1.29 is 28.6 Å².